The first-order chi connectivity index (χ1) is 15.9. The molecule has 34 heavy (non-hydrogen) atoms. The number of benzene rings is 1. The Morgan fingerprint density at radius 2 is 1.88 bits per heavy atom. The van der Waals surface area contributed by atoms with Gasteiger partial charge in [0.2, 0.25) is 5.43 Å². The molecule has 1 atom stereocenters. The average molecular weight is 490 g/mol. The maximum absolute atomic E-state index is 14.0. The van der Waals surface area contributed by atoms with Crippen LogP contribution in [-0.2, 0) is 6.42 Å². The summed E-state index contributed by atoms with van der Waals surface area (Å²) in [7, 11) is 1.78. The highest BCUT2D eigenvalue weighted by Gasteiger charge is 2.43. The number of rotatable bonds is 4. The second-order valence-corrected chi connectivity index (χ2v) is 10.3. The molecule has 8 nitrogen and oxygen atoms in total. The van der Waals surface area contributed by atoms with Gasteiger partial charge in [0.05, 0.1) is 5.56 Å². The molecule has 1 N–H and O–H groups in total. The number of aromatic hydroxyl groups is 1. The molecule has 180 valence electrons. The van der Waals surface area contributed by atoms with Crippen LogP contribution in [0.5, 0.6) is 5.75 Å². The first kappa shape index (κ1) is 23.8. The van der Waals surface area contributed by atoms with Crippen LogP contribution in [0, 0.1) is 17.0 Å². The summed E-state index contributed by atoms with van der Waals surface area (Å²) in [6.45, 7) is 8.26. The van der Waals surface area contributed by atoms with Gasteiger partial charge in [-0.25, -0.2) is 8.78 Å². The average Bonchev–Trinajstić information content (AvgIpc) is 3.21. The largest absolute Gasteiger partial charge is 0.502 e. The van der Waals surface area contributed by atoms with Gasteiger partial charge in [0.1, 0.15) is 22.8 Å². The summed E-state index contributed by atoms with van der Waals surface area (Å²) in [5.74, 6) is -2.48. The molecule has 1 aliphatic rings. The van der Waals surface area contributed by atoms with Gasteiger partial charge in [-0.1, -0.05) is 38.2 Å². The number of carbonyl (C=O) groups is 1. The molecule has 2 aromatic heterocycles. The summed E-state index contributed by atoms with van der Waals surface area (Å²) in [6.07, 6.45) is 1.21. The van der Waals surface area contributed by atoms with Crippen molar-refractivity contribution in [1.82, 2.24) is 19.8 Å². The van der Waals surface area contributed by atoms with E-state index < -0.39 is 28.7 Å². The summed E-state index contributed by atoms with van der Waals surface area (Å²) in [5, 5.41) is 21.3. The second kappa shape index (κ2) is 8.46. The van der Waals surface area contributed by atoms with Crippen molar-refractivity contribution in [3.05, 3.63) is 62.5 Å². The molecule has 1 unspecified atom stereocenters. The van der Waals surface area contributed by atoms with Crippen molar-refractivity contribution >= 4 is 17.2 Å². The Bertz CT molecular complexity index is 1330. The molecule has 0 spiro atoms. The van der Waals surface area contributed by atoms with E-state index in [-0.39, 0.29) is 39.8 Å². The summed E-state index contributed by atoms with van der Waals surface area (Å²) >= 11 is 1.06. The number of hydrogen-bond donors (Lipinski definition) is 1. The van der Waals surface area contributed by atoms with Crippen molar-refractivity contribution in [3.8, 4) is 16.3 Å². The maximum Gasteiger partial charge on any atom is 0.278 e. The third-order valence-electron chi connectivity index (χ3n) is 5.79. The first-order valence-electron chi connectivity index (χ1n) is 10.7. The third-order valence-corrected chi connectivity index (χ3v) is 6.74. The van der Waals surface area contributed by atoms with Crippen LogP contribution >= 0.6 is 11.3 Å². The molecule has 3 heterocycles. The number of amides is 1. The quantitative estimate of drug-likeness (QED) is 0.604. The van der Waals surface area contributed by atoms with Gasteiger partial charge >= 0.3 is 0 Å². The van der Waals surface area contributed by atoms with Gasteiger partial charge in [-0.2, -0.15) is 0 Å². The minimum atomic E-state index is -0.742. The van der Waals surface area contributed by atoms with Gasteiger partial charge in [0.15, 0.2) is 16.5 Å². The Morgan fingerprint density at radius 3 is 2.50 bits per heavy atom. The Balaban J connectivity index is 1.78. The lowest BCUT2D eigenvalue weighted by atomic mass is 9.90. The molecule has 11 heteroatoms. The van der Waals surface area contributed by atoms with Gasteiger partial charge in [-0.15, -0.1) is 10.2 Å². The second-order valence-electron chi connectivity index (χ2n) is 9.23. The Kier molecular flexibility index (Phi) is 5.92. The molecule has 4 rings (SSSR count). The number of fused-ring (bicyclic) bond motifs is 1. The van der Waals surface area contributed by atoms with E-state index in [0.29, 0.717) is 11.6 Å². The summed E-state index contributed by atoms with van der Waals surface area (Å²) in [6, 6.07) is 3.29. The monoisotopic (exact) mass is 489 g/mol. The van der Waals surface area contributed by atoms with Gasteiger partial charge in [-0.05, 0) is 18.6 Å². The molecule has 1 aromatic carbocycles. The Hall–Kier alpha value is -3.34. The van der Waals surface area contributed by atoms with E-state index in [4.69, 9.17) is 0 Å². The fourth-order valence-corrected chi connectivity index (χ4v) is 5.23. The van der Waals surface area contributed by atoms with Crippen LogP contribution in [0.25, 0.3) is 10.6 Å². The van der Waals surface area contributed by atoms with Gasteiger partial charge in [0.25, 0.3) is 5.91 Å². The number of halogens is 2. The predicted molar refractivity (Wildman–Crippen MR) is 125 cm³/mol. The summed E-state index contributed by atoms with van der Waals surface area (Å²) in [5.41, 5.74) is -0.869. The van der Waals surface area contributed by atoms with Gasteiger partial charge in [0, 0.05) is 37.7 Å². The number of nitrogens with zero attached hydrogens (tertiary/aromatic N) is 5. The number of pyridine rings is 1. The van der Waals surface area contributed by atoms with Crippen molar-refractivity contribution in [3.63, 3.8) is 0 Å². The molecule has 0 radical (unpaired) electrons. The zero-order chi connectivity index (χ0) is 24.9. The van der Waals surface area contributed by atoms with Crippen molar-refractivity contribution in [2.75, 3.05) is 18.6 Å². The third kappa shape index (κ3) is 3.93. The van der Waals surface area contributed by atoms with E-state index in [9.17, 15) is 23.5 Å². The zero-order valence-corrected chi connectivity index (χ0v) is 20.3. The van der Waals surface area contributed by atoms with Crippen LogP contribution in [0.4, 0.5) is 8.78 Å². The Morgan fingerprint density at radius 1 is 1.18 bits per heavy atom. The smallest absolute Gasteiger partial charge is 0.278 e. The molecule has 1 aliphatic heterocycles. The topological polar surface area (TPSA) is 91.6 Å². The van der Waals surface area contributed by atoms with Crippen LogP contribution in [0.3, 0.4) is 0 Å². The molecule has 0 saturated carbocycles. The lowest BCUT2D eigenvalue weighted by Gasteiger charge is -2.50. The van der Waals surface area contributed by atoms with Gasteiger partial charge in [-0.3, -0.25) is 19.3 Å². The minimum Gasteiger partial charge on any atom is -0.502 e. The number of carbonyl (C=O) groups excluding carboxylic acids is 1. The highest BCUT2D eigenvalue weighted by molar-refractivity contribution is 7.14. The molecule has 0 bridgehead atoms. The SMILES string of the molecule is CCN1C(=O)c2c(O)c(=O)c(-c3nnc(Cc4ccc(F)cc4F)s3)cn2N(C)C1C(C)(C)C. The Labute approximate surface area is 199 Å². The lowest BCUT2D eigenvalue weighted by molar-refractivity contribution is 0.0382. The molecule has 1 amide bonds. The summed E-state index contributed by atoms with van der Waals surface area (Å²) < 4.78 is 28.7. The van der Waals surface area contributed by atoms with E-state index in [0.717, 1.165) is 23.5 Å². The fourth-order valence-electron chi connectivity index (χ4n) is 4.36. The molecule has 0 fully saturated rings. The van der Waals surface area contributed by atoms with E-state index in [1.165, 1.54) is 16.9 Å². The molecular weight excluding hydrogens is 464 g/mol. The van der Waals surface area contributed by atoms with E-state index in [2.05, 4.69) is 10.2 Å². The van der Waals surface area contributed by atoms with Crippen LogP contribution in [-0.4, -0.2) is 50.5 Å². The van der Waals surface area contributed by atoms with E-state index in [1.54, 1.807) is 17.0 Å². The molecular formula is C23H25F2N5O3S. The molecule has 0 aliphatic carbocycles. The lowest BCUT2D eigenvalue weighted by Crippen LogP contribution is -2.64. The van der Waals surface area contributed by atoms with Crippen molar-refractivity contribution in [1.29, 1.82) is 0 Å². The van der Waals surface area contributed by atoms with E-state index in [1.807, 2.05) is 27.7 Å². The standard InChI is InChI=1S/C23H25F2N5O3S/c1-6-29-21(33)17-19(32)18(31)14(11-30(17)28(5)22(29)23(2,3)4)20-27-26-16(34-20)9-12-7-8-13(24)10-15(12)25/h7-8,10-11,22,32H,6,9H2,1-5H3. The number of hydrogen-bond acceptors (Lipinski definition) is 7. The number of aromatic nitrogens is 3. The summed E-state index contributed by atoms with van der Waals surface area (Å²) in [4.78, 5) is 27.9. The van der Waals surface area contributed by atoms with Crippen molar-refractivity contribution in [2.45, 2.75) is 40.3 Å². The van der Waals surface area contributed by atoms with Crippen LogP contribution in [0.1, 0.15) is 48.8 Å². The van der Waals surface area contributed by atoms with Crippen LogP contribution < -0.4 is 10.4 Å². The van der Waals surface area contributed by atoms with Crippen LogP contribution in [0.15, 0.2) is 29.2 Å². The normalized spacial score (nSPS) is 16.2. The minimum absolute atomic E-state index is 0.0674. The van der Waals surface area contributed by atoms with Crippen molar-refractivity contribution in [2.24, 2.45) is 5.41 Å². The zero-order valence-electron chi connectivity index (χ0n) is 19.5. The highest BCUT2D eigenvalue weighted by atomic mass is 32.1. The molecule has 0 saturated heterocycles. The van der Waals surface area contributed by atoms with E-state index >= 15 is 0 Å². The van der Waals surface area contributed by atoms with Crippen LogP contribution in [0.2, 0.25) is 0 Å². The first-order valence-corrected chi connectivity index (χ1v) is 11.5. The fraction of sp³-hybridized carbons (Fsp3) is 0.391. The highest BCUT2D eigenvalue weighted by Crippen LogP contribution is 2.34. The molecule has 3 aromatic rings. The van der Waals surface area contributed by atoms with Crippen molar-refractivity contribution < 1.29 is 18.7 Å². The maximum atomic E-state index is 14.0. The van der Waals surface area contributed by atoms with Gasteiger partial charge < -0.3 is 10.0 Å². The predicted octanol–water partition coefficient (Wildman–Crippen LogP) is 3.36.